The van der Waals surface area contributed by atoms with Crippen LogP contribution in [0.3, 0.4) is 0 Å². The van der Waals surface area contributed by atoms with Crippen molar-refractivity contribution in [2.24, 2.45) is 5.10 Å². The maximum Gasteiger partial charge on any atom is 0.277 e. The van der Waals surface area contributed by atoms with Crippen LogP contribution in [0.15, 0.2) is 66.3 Å². The summed E-state index contributed by atoms with van der Waals surface area (Å²) in [5, 5.41) is 14.4. The first-order valence-corrected chi connectivity index (χ1v) is 7.62. The first-order valence-electron chi connectivity index (χ1n) is 7.62. The fourth-order valence-corrected chi connectivity index (χ4v) is 1.89. The van der Waals surface area contributed by atoms with Gasteiger partial charge in [-0.05, 0) is 24.3 Å². The maximum atomic E-state index is 11.7. The van der Waals surface area contributed by atoms with Crippen molar-refractivity contribution in [2.45, 2.75) is 0 Å². The van der Waals surface area contributed by atoms with Crippen molar-refractivity contribution in [1.82, 2.24) is 5.43 Å². The fourth-order valence-electron chi connectivity index (χ4n) is 1.89. The summed E-state index contributed by atoms with van der Waals surface area (Å²) in [6, 6.07) is 12.7. The topological polar surface area (TPSA) is 103 Å². The van der Waals surface area contributed by atoms with E-state index >= 15 is 0 Å². The molecule has 26 heavy (non-hydrogen) atoms. The largest absolute Gasteiger partial charge is 0.489 e. The van der Waals surface area contributed by atoms with Crippen molar-refractivity contribution < 1.29 is 19.2 Å². The number of nitro benzene ring substituents is 1. The summed E-state index contributed by atoms with van der Waals surface area (Å²) in [4.78, 5) is 21.8. The second kappa shape index (κ2) is 9.58. The van der Waals surface area contributed by atoms with E-state index in [0.29, 0.717) is 23.7 Å². The van der Waals surface area contributed by atoms with Gasteiger partial charge in [0.1, 0.15) is 18.1 Å². The number of nitro groups is 1. The number of carbonyl (C=O) groups excluding carboxylic acids is 1. The van der Waals surface area contributed by atoms with Crippen molar-refractivity contribution in [1.29, 1.82) is 0 Å². The molecule has 0 aliphatic rings. The molecule has 0 saturated heterocycles. The molecule has 134 valence electrons. The molecule has 0 atom stereocenters. The van der Waals surface area contributed by atoms with Crippen LogP contribution in [-0.2, 0) is 4.79 Å². The molecule has 1 amide bonds. The van der Waals surface area contributed by atoms with Gasteiger partial charge < -0.3 is 9.47 Å². The minimum atomic E-state index is -0.512. The molecule has 0 aliphatic heterocycles. The molecule has 0 fully saturated rings. The number of ether oxygens (including phenoxy) is 2. The van der Waals surface area contributed by atoms with Gasteiger partial charge in [-0.25, -0.2) is 5.43 Å². The third kappa shape index (κ3) is 5.75. The summed E-state index contributed by atoms with van der Waals surface area (Å²) in [7, 11) is 0. The molecule has 8 nitrogen and oxygen atoms in total. The molecule has 1 N–H and O–H groups in total. The van der Waals surface area contributed by atoms with Crippen LogP contribution >= 0.6 is 0 Å². The monoisotopic (exact) mass is 355 g/mol. The van der Waals surface area contributed by atoms with Crippen LogP contribution in [0.5, 0.6) is 11.5 Å². The Morgan fingerprint density at radius 1 is 1.19 bits per heavy atom. The number of hydrogen-bond donors (Lipinski definition) is 1. The number of hydrazone groups is 1. The zero-order valence-corrected chi connectivity index (χ0v) is 13.8. The number of para-hydroxylation sites is 1. The standard InChI is InChI=1S/C18H17N3O5/c1-2-11-25-17-6-4-3-5-14(17)12-19-20-18(22)13-26-16-9-7-15(8-10-16)21(23)24/h2-10,12H,1,11,13H2,(H,20,22)/b19-12+. The van der Waals surface area contributed by atoms with E-state index in [0.717, 1.165) is 0 Å². The first-order chi connectivity index (χ1) is 12.6. The van der Waals surface area contributed by atoms with Crippen molar-refractivity contribution >= 4 is 17.8 Å². The first kappa shape index (κ1) is 18.7. The number of rotatable bonds is 9. The van der Waals surface area contributed by atoms with Crippen LogP contribution < -0.4 is 14.9 Å². The van der Waals surface area contributed by atoms with E-state index in [9.17, 15) is 14.9 Å². The van der Waals surface area contributed by atoms with Crippen molar-refractivity contribution in [2.75, 3.05) is 13.2 Å². The third-order valence-corrected chi connectivity index (χ3v) is 3.09. The van der Waals surface area contributed by atoms with Gasteiger partial charge in [-0.3, -0.25) is 14.9 Å². The molecule has 0 saturated carbocycles. The van der Waals surface area contributed by atoms with E-state index in [-0.39, 0.29) is 12.3 Å². The molecular weight excluding hydrogens is 338 g/mol. The molecule has 0 bridgehead atoms. The van der Waals surface area contributed by atoms with E-state index < -0.39 is 10.8 Å². The number of nitrogens with one attached hydrogen (secondary N) is 1. The number of benzene rings is 2. The lowest BCUT2D eigenvalue weighted by Crippen LogP contribution is -2.24. The Hall–Kier alpha value is -3.68. The molecular formula is C18H17N3O5. The molecule has 0 heterocycles. The third-order valence-electron chi connectivity index (χ3n) is 3.09. The van der Waals surface area contributed by atoms with Gasteiger partial charge >= 0.3 is 0 Å². The predicted molar refractivity (Wildman–Crippen MR) is 96.5 cm³/mol. The van der Waals surface area contributed by atoms with Gasteiger partial charge in [0.05, 0.1) is 11.1 Å². The number of non-ortho nitro benzene ring substituents is 1. The normalized spacial score (nSPS) is 10.3. The van der Waals surface area contributed by atoms with Gasteiger partial charge in [-0.1, -0.05) is 24.8 Å². The van der Waals surface area contributed by atoms with Gasteiger partial charge in [0, 0.05) is 17.7 Å². The zero-order valence-electron chi connectivity index (χ0n) is 13.8. The zero-order chi connectivity index (χ0) is 18.8. The summed E-state index contributed by atoms with van der Waals surface area (Å²) in [5.41, 5.74) is 2.98. The van der Waals surface area contributed by atoms with Crippen molar-refractivity contribution in [3.8, 4) is 11.5 Å². The molecule has 0 radical (unpaired) electrons. The van der Waals surface area contributed by atoms with Crippen LogP contribution in [0.1, 0.15) is 5.56 Å². The highest BCUT2D eigenvalue weighted by molar-refractivity contribution is 5.85. The smallest absolute Gasteiger partial charge is 0.277 e. The Morgan fingerprint density at radius 3 is 2.62 bits per heavy atom. The summed E-state index contributed by atoms with van der Waals surface area (Å²) in [5.74, 6) is 0.495. The Balaban J connectivity index is 1.84. The van der Waals surface area contributed by atoms with Gasteiger partial charge in [0.25, 0.3) is 11.6 Å². The van der Waals surface area contributed by atoms with E-state index in [1.807, 2.05) is 12.1 Å². The van der Waals surface area contributed by atoms with Crippen LogP contribution in [0, 0.1) is 10.1 Å². The molecule has 2 aromatic rings. The summed E-state index contributed by atoms with van der Waals surface area (Å²) >= 11 is 0. The lowest BCUT2D eigenvalue weighted by Gasteiger charge is -2.06. The predicted octanol–water partition coefficient (Wildman–Crippen LogP) is 2.69. The SMILES string of the molecule is C=CCOc1ccccc1/C=N/NC(=O)COc1ccc([N+](=O)[O-])cc1. The number of carbonyl (C=O) groups is 1. The van der Waals surface area contributed by atoms with Crippen molar-refractivity contribution in [3.05, 3.63) is 76.9 Å². The average molecular weight is 355 g/mol. The lowest BCUT2D eigenvalue weighted by molar-refractivity contribution is -0.384. The Bertz CT molecular complexity index is 803. The highest BCUT2D eigenvalue weighted by Crippen LogP contribution is 2.17. The molecule has 2 aromatic carbocycles. The van der Waals surface area contributed by atoms with E-state index in [1.165, 1.54) is 30.5 Å². The van der Waals surface area contributed by atoms with Gasteiger partial charge in [-0.15, -0.1) is 0 Å². The molecule has 0 unspecified atom stereocenters. The molecule has 2 rings (SSSR count). The van der Waals surface area contributed by atoms with Crippen molar-refractivity contribution in [3.63, 3.8) is 0 Å². The molecule has 0 spiro atoms. The van der Waals surface area contributed by atoms with Gasteiger partial charge in [0.15, 0.2) is 6.61 Å². The lowest BCUT2D eigenvalue weighted by atomic mass is 10.2. The summed E-state index contributed by atoms with van der Waals surface area (Å²) in [6.45, 7) is 3.67. The summed E-state index contributed by atoms with van der Waals surface area (Å²) < 4.78 is 10.7. The fraction of sp³-hybridized carbons (Fsp3) is 0.111. The highest BCUT2D eigenvalue weighted by Gasteiger charge is 2.06. The summed E-state index contributed by atoms with van der Waals surface area (Å²) in [6.07, 6.45) is 3.09. The minimum Gasteiger partial charge on any atom is -0.489 e. The highest BCUT2D eigenvalue weighted by atomic mass is 16.6. The quantitative estimate of drug-likeness (QED) is 0.322. The minimum absolute atomic E-state index is 0.0521. The number of hydrogen-bond acceptors (Lipinski definition) is 6. The van der Waals surface area contributed by atoms with E-state index in [2.05, 4.69) is 17.1 Å². The van der Waals surface area contributed by atoms with Crippen LogP contribution in [0.25, 0.3) is 0 Å². The van der Waals surface area contributed by atoms with Gasteiger partial charge in [-0.2, -0.15) is 5.10 Å². The second-order valence-corrected chi connectivity index (χ2v) is 4.97. The van der Waals surface area contributed by atoms with Crippen LogP contribution in [0.2, 0.25) is 0 Å². The maximum absolute atomic E-state index is 11.7. The van der Waals surface area contributed by atoms with Crippen LogP contribution in [0.4, 0.5) is 5.69 Å². The van der Waals surface area contributed by atoms with Gasteiger partial charge in [0.2, 0.25) is 0 Å². The van der Waals surface area contributed by atoms with Crippen LogP contribution in [-0.4, -0.2) is 30.3 Å². The van der Waals surface area contributed by atoms with E-state index in [1.54, 1.807) is 18.2 Å². The molecule has 8 heteroatoms. The average Bonchev–Trinajstić information content (AvgIpc) is 2.66. The molecule has 0 aromatic heterocycles. The Labute approximate surface area is 149 Å². The Kier molecular flexibility index (Phi) is 6.87. The number of nitrogens with zero attached hydrogens (tertiary/aromatic N) is 2. The second-order valence-electron chi connectivity index (χ2n) is 4.97. The van der Waals surface area contributed by atoms with E-state index in [4.69, 9.17) is 9.47 Å². The molecule has 0 aliphatic carbocycles. The Morgan fingerprint density at radius 2 is 1.92 bits per heavy atom. The number of amides is 1.